The molecule has 22 heavy (non-hydrogen) atoms. The molecular formula is C17H23NO4. The Bertz CT molecular complexity index is 550. The molecule has 0 saturated carbocycles. The molecule has 3 saturated heterocycles. The zero-order chi connectivity index (χ0) is 16.3. The maximum absolute atomic E-state index is 9.10. The van der Waals surface area contributed by atoms with E-state index < -0.39 is 11.9 Å². The van der Waals surface area contributed by atoms with Crippen LogP contribution >= 0.6 is 0 Å². The van der Waals surface area contributed by atoms with Crippen LogP contribution in [-0.2, 0) is 9.59 Å². The van der Waals surface area contributed by atoms with Crippen LogP contribution in [0.25, 0.3) is 0 Å². The molecule has 5 nitrogen and oxygen atoms in total. The lowest BCUT2D eigenvalue weighted by Crippen LogP contribution is -2.46. The predicted octanol–water partition coefficient (Wildman–Crippen LogP) is 2.27. The molecule has 0 amide bonds. The summed E-state index contributed by atoms with van der Waals surface area (Å²) in [5.41, 5.74) is 4.60. The molecule has 3 fully saturated rings. The van der Waals surface area contributed by atoms with Gasteiger partial charge in [0.05, 0.1) is 0 Å². The Morgan fingerprint density at radius 1 is 1.09 bits per heavy atom. The van der Waals surface area contributed by atoms with E-state index in [0.717, 1.165) is 11.8 Å². The fourth-order valence-electron chi connectivity index (χ4n) is 3.49. The maximum atomic E-state index is 9.10. The van der Waals surface area contributed by atoms with Crippen molar-refractivity contribution in [2.24, 2.45) is 5.92 Å². The number of fused-ring (bicyclic) bond motifs is 3. The fraction of sp³-hybridized carbons (Fsp3) is 0.529. The number of carboxylic acid groups (broad SMARTS) is 2. The van der Waals surface area contributed by atoms with E-state index in [2.05, 4.69) is 36.9 Å². The molecule has 1 aromatic carbocycles. The molecular weight excluding hydrogens is 282 g/mol. The molecule has 4 rings (SSSR count). The zero-order valence-corrected chi connectivity index (χ0v) is 13.1. The lowest BCUT2D eigenvalue weighted by molar-refractivity contribution is -0.159. The first-order valence-electron chi connectivity index (χ1n) is 7.64. The average Bonchev–Trinajstić information content (AvgIpc) is 2.51. The maximum Gasteiger partial charge on any atom is 0.414 e. The number of piperidine rings is 3. The van der Waals surface area contributed by atoms with Crippen molar-refractivity contribution < 1.29 is 19.8 Å². The van der Waals surface area contributed by atoms with E-state index in [0.29, 0.717) is 0 Å². The van der Waals surface area contributed by atoms with Crippen molar-refractivity contribution in [1.29, 1.82) is 0 Å². The van der Waals surface area contributed by atoms with Gasteiger partial charge >= 0.3 is 11.9 Å². The molecule has 2 bridgehead atoms. The lowest BCUT2D eigenvalue weighted by atomic mass is 9.74. The van der Waals surface area contributed by atoms with E-state index in [1.807, 2.05) is 0 Å². The third-order valence-corrected chi connectivity index (χ3v) is 4.89. The number of hydrogen-bond donors (Lipinski definition) is 2. The van der Waals surface area contributed by atoms with E-state index in [1.54, 1.807) is 5.56 Å². The summed E-state index contributed by atoms with van der Waals surface area (Å²) in [5, 5.41) is 14.8. The van der Waals surface area contributed by atoms with Crippen LogP contribution in [0.2, 0.25) is 0 Å². The van der Waals surface area contributed by atoms with Gasteiger partial charge in [-0.15, -0.1) is 0 Å². The quantitative estimate of drug-likeness (QED) is 0.778. The summed E-state index contributed by atoms with van der Waals surface area (Å²) in [4.78, 5) is 20.8. The van der Waals surface area contributed by atoms with E-state index in [-0.39, 0.29) is 0 Å². The predicted molar refractivity (Wildman–Crippen MR) is 83.1 cm³/mol. The molecule has 0 spiro atoms. The third kappa shape index (κ3) is 3.65. The highest BCUT2D eigenvalue weighted by atomic mass is 16.4. The summed E-state index contributed by atoms with van der Waals surface area (Å²) >= 11 is 0. The van der Waals surface area contributed by atoms with Crippen LogP contribution < -0.4 is 0 Å². The molecule has 1 aromatic rings. The third-order valence-electron chi connectivity index (χ3n) is 4.89. The second-order valence-electron chi connectivity index (χ2n) is 6.14. The molecule has 3 heterocycles. The SMILES string of the molecule is Cc1cccc(C2CN3CCC2CC3)c1C.O=C(O)C(=O)O. The van der Waals surface area contributed by atoms with Crippen molar-refractivity contribution in [2.75, 3.05) is 19.6 Å². The Labute approximate surface area is 130 Å². The molecule has 3 aliphatic rings. The van der Waals surface area contributed by atoms with Crippen molar-refractivity contribution in [3.63, 3.8) is 0 Å². The monoisotopic (exact) mass is 305 g/mol. The molecule has 1 atom stereocenters. The molecule has 0 radical (unpaired) electrons. The highest BCUT2D eigenvalue weighted by Gasteiger charge is 2.35. The minimum absolute atomic E-state index is 0.808. The van der Waals surface area contributed by atoms with Crippen LogP contribution in [0.5, 0.6) is 0 Å². The lowest BCUT2D eigenvalue weighted by Gasteiger charge is -2.45. The Kier molecular flexibility index (Phi) is 5.19. The zero-order valence-electron chi connectivity index (χ0n) is 13.1. The van der Waals surface area contributed by atoms with Crippen LogP contribution in [0.3, 0.4) is 0 Å². The summed E-state index contributed by atoms with van der Waals surface area (Å²) in [5.74, 6) is -1.89. The highest BCUT2D eigenvalue weighted by Crippen LogP contribution is 2.40. The van der Waals surface area contributed by atoms with Gasteiger partial charge in [0.15, 0.2) is 0 Å². The van der Waals surface area contributed by atoms with Gasteiger partial charge in [-0.1, -0.05) is 18.2 Å². The number of benzene rings is 1. The summed E-state index contributed by atoms with van der Waals surface area (Å²) in [6, 6.07) is 6.82. The van der Waals surface area contributed by atoms with Crippen molar-refractivity contribution in [3.05, 3.63) is 34.9 Å². The minimum atomic E-state index is -1.82. The van der Waals surface area contributed by atoms with Crippen LogP contribution in [-0.4, -0.2) is 46.7 Å². The summed E-state index contributed by atoms with van der Waals surface area (Å²) < 4.78 is 0. The normalized spacial score (nSPS) is 26.0. The number of carboxylic acids is 2. The first-order chi connectivity index (χ1) is 10.4. The minimum Gasteiger partial charge on any atom is -0.473 e. The van der Waals surface area contributed by atoms with Crippen LogP contribution in [0.1, 0.15) is 35.4 Å². The smallest absolute Gasteiger partial charge is 0.414 e. The fourth-order valence-corrected chi connectivity index (χ4v) is 3.49. The molecule has 1 unspecified atom stereocenters. The van der Waals surface area contributed by atoms with Gasteiger partial charge in [-0.3, -0.25) is 0 Å². The Morgan fingerprint density at radius 2 is 1.68 bits per heavy atom. The van der Waals surface area contributed by atoms with Crippen LogP contribution in [0.4, 0.5) is 0 Å². The van der Waals surface area contributed by atoms with Gasteiger partial charge in [0, 0.05) is 6.54 Å². The van der Waals surface area contributed by atoms with Gasteiger partial charge in [0.25, 0.3) is 0 Å². The first kappa shape index (κ1) is 16.5. The van der Waals surface area contributed by atoms with Crippen molar-refractivity contribution in [1.82, 2.24) is 4.90 Å². The number of carbonyl (C=O) groups is 2. The average molecular weight is 305 g/mol. The summed E-state index contributed by atoms with van der Waals surface area (Å²) in [6.45, 7) is 8.51. The van der Waals surface area contributed by atoms with Gasteiger partial charge in [0.2, 0.25) is 0 Å². The molecule has 120 valence electrons. The van der Waals surface area contributed by atoms with Crippen LogP contribution in [0.15, 0.2) is 18.2 Å². The van der Waals surface area contributed by atoms with Gasteiger partial charge in [-0.05, 0) is 68.3 Å². The van der Waals surface area contributed by atoms with E-state index in [9.17, 15) is 0 Å². The van der Waals surface area contributed by atoms with Gasteiger partial charge in [-0.25, -0.2) is 9.59 Å². The van der Waals surface area contributed by atoms with Crippen molar-refractivity contribution in [2.45, 2.75) is 32.6 Å². The van der Waals surface area contributed by atoms with E-state index in [4.69, 9.17) is 19.8 Å². The molecule has 3 aliphatic heterocycles. The molecule has 2 N–H and O–H groups in total. The number of aryl methyl sites for hydroxylation is 1. The number of nitrogens with zero attached hydrogens (tertiary/aromatic N) is 1. The standard InChI is InChI=1S/C15H21N.C2H2O4/c1-11-4-3-5-14(12(11)2)15-10-16-8-6-13(15)7-9-16;3-1(4)2(5)6/h3-5,13,15H,6-10H2,1-2H3;(H,3,4)(H,5,6). The Balaban J connectivity index is 0.000000254. The summed E-state index contributed by atoms with van der Waals surface area (Å²) in [7, 11) is 0. The molecule has 5 heteroatoms. The Hall–Kier alpha value is -1.88. The first-order valence-corrected chi connectivity index (χ1v) is 7.64. The largest absolute Gasteiger partial charge is 0.473 e. The van der Waals surface area contributed by atoms with E-state index >= 15 is 0 Å². The van der Waals surface area contributed by atoms with Crippen molar-refractivity contribution in [3.8, 4) is 0 Å². The number of aliphatic carboxylic acids is 2. The second kappa shape index (κ2) is 6.92. The van der Waals surface area contributed by atoms with Crippen molar-refractivity contribution >= 4 is 11.9 Å². The van der Waals surface area contributed by atoms with Gasteiger partial charge in [-0.2, -0.15) is 0 Å². The number of hydrogen-bond acceptors (Lipinski definition) is 3. The highest BCUT2D eigenvalue weighted by molar-refractivity contribution is 6.27. The number of rotatable bonds is 1. The van der Waals surface area contributed by atoms with Gasteiger partial charge in [0.1, 0.15) is 0 Å². The topological polar surface area (TPSA) is 77.8 Å². The second-order valence-corrected chi connectivity index (χ2v) is 6.14. The Morgan fingerprint density at radius 3 is 2.14 bits per heavy atom. The van der Waals surface area contributed by atoms with E-state index in [1.165, 1.54) is 43.6 Å². The van der Waals surface area contributed by atoms with Gasteiger partial charge < -0.3 is 15.1 Å². The summed E-state index contributed by atoms with van der Waals surface area (Å²) in [6.07, 6.45) is 2.83. The molecule has 0 aliphatic carbocycles. The molecule has 0 aromatic heterocycles. The van der Waals surface area contributed by atoms with Crippen LogP contribution in [0, 0.1) is 19.8 Å².